The molecule has 0 heterocycles. The van der Waals surface area contributed by atoms with Gasteiger partial charge in [0, 0.05) is 6.61 Å². The molecule has 1 fully saturated rings. The van der Waals surface area contributed by atoms with Gasteiger partial charge in [-0.05, 0) is 32.6 Å². The molecule has 0 bridgehead atoms. The molecule has 3 heteroatoms. The Bertz CT molecular complexity index is 150. The number of esters is 1. The van der Waals surface area contributed by atoms with Crippen molar-refractivity contribution < 1.29 is 14.3 Å². The Labute approximate surface area is 79.4 Å². The topological polar surface area (TPSA) is 35.5 Å². The van der Waals surface area contributed by atoms with Crippen LogP contribution < -0.4 is 0 Å². The number of hydrogen-bond acceptors (Lipinski definition) is 3. The summed E-state index contributed by atoms with van der Waals surface area (Å²) in [7, 11) is 0. The second kappa shape index (κ2) is 5.97. The quantitative estimate of drug-likeness (QED) is 0.486. The summed E-state index contributed by atoms with van der Waals surface area (Å²) >= 11 is 0. The van der Waals surface area contributed by atoms with E-state index in [4.69, 9.17) is 9.47 Å². The standard InChI is InChI=1S/C10H18O3/c1-2-12-8-7-10(11)13-9-5-3-4-6-9/h9H,2-8H2,1H3. The minimum Gasteiger partial charge on any atom is -0.462 e. The Balaban J connectivity index is 2.02. The fourth-order valence-corrected chi connectivity index (χ4v) is 1.55. The van der Waals surface area contributed by atoms with Gasteiger partial charge in [0.15, 0.2) is 0 Å². The van der Waals surface area contributed by atoms with Crippen LogP contribution in [0.2, 0.25) is 0 Å². The minimum absolute atomic E-state index is 0.111. The number of ether oxygens (including phenoxy) is 2. The van der Waals surface area contributed by atoms with E-state index in [2.05, 4.69) is 0 Å². The Morgan fingerprint density at radius 3 is 2.69 bits per heavy atom. The van der Waals surface area contributed by atoms with Gasteiger partial charge in [0.25, 0.3) is 0 Å². The maximum absolute atomic E-state index is 11.2. The summed E-state index contributed by atoms with van der Waals surface area (Å²) in [6.45, 7) is 3.07. The molecule has 0 atom stereocenters. The van der Waals surface area contributed by atoms with E-state index in [9.17, 15) is 4.79 Å². The molecule has 0 unspecified atom stereocenters. The lowest BCUT2D eigenvalue weighted by Crippen LogP contribution is -2.16. The van der Waals surface area contributed by atoms with E-state index in [-0.39, 0.29) is 12.1 Å². The van der Waals surface area contributed by atoms with E-state index in [1.54, 1.807) is 0 Å². The molecule has 0 amide bonds. The van der Waals surface area contributed by atoms with E-state index in [0.717, 1.165) is 12.8 Å². The van der Waals surface area contributed by atoms with Crippen LogP contribution in [0.5, 0.6) is 0 Å². The average molecular weight is 186 g/mol. The van der Waals surface area contributed by atoms with E-state index >= 15 is 0 Å². The van der Waals surface area contributed by atoms with Crippen molar-refractivity contribution in [3.63, 3.8) is 0 Å². The van der Waals surface area contributed by atoms with Crippen LogP contribution in [0.1, 0.15) is 39.0 Å². The Morgan fingerprint density at radius 1 is 1.38 bits per heavy atom. The summed E-state index contributed by atoms with van der Waals surface area (Å²) < 4.78 is 10.3. The van der Waals surface area contributed by atoms with Crippen LogP contribution in [0.15, 0.2) is 0 Å². The van der Waals surface area contributed by atoms with Crippen LogP contribution in [0.4, 0.5) is 0 Å². The highest BCUT2D eigenvalue weighted by Gasteiger charge is 2.18. The van der Waals surface area contributed by atoms with Crippen molar-refractivity contribution in [2.75, 3.05) is 13.2 Å². The molecule has 0 aromatic carbocycles. The van der Waals surface area contributed by atoms with Crippen LogP contribution >= 0.6 is 0 Å². The number of carbonyl (C=O) groups excluding carboxylic acids is 1. The summed E-state index contributed by atoms with van der Waals surface area (Å²) in [4.78, 5) is 11.2. The summed E-state index contributed by atoms with van der Waals surface area (Å²) in [5, 5.41) is 0. The first-order valence-corrected chi connectivity index (χ1v) is 5.10. The van der Waals surface area contributed by atoms with E-state index in [0.29, 0.717) is 19.6 Å². The summed E-state index contributed by atoms with van der Waals surface area (Å²) in [6, 6.07) is 0. The van der Waals surface area contributed by atoms with Crippen molar-refractivity contribution in [1.29, 1.82) is 0 Å². The zero-order valence-corrected chi connectivity index (χ0v) is 8.25. The maximum atomic E-state index is 11.2. The molecule has 0 aromatic heterocycles. The molecule has 0 aliphatic heterocycles. The third-order valence-corrected chi connectivity index (χ3v) is 2.25. The molecule has 0 N–H and O–H groups in total. The summed E-state index contributed by atoms with van der Waals surface area (Å²) in [5.41, 5.74) is 0. The SMILES string of the molecule is CCOCCC(=O)OC1CCCC1. The molecule has 1 aliphatic carbocycles. The zero-order valence-electron chi connectivity index (χ0n) is 8.25. The number of hydrogen-bond donors (Lipinski definition) is 0. The first-order valence-electron chi connectivity index (χ1n) is 5.10. The van der Waals surface area contributed by atoms with Crippen LogP contribution in [-0.4, -0.2) is 25.3 Å². The van der Waals surface area contributed by atoms with Crippen molar-refractivity contribution >= 4 is 5.97 Å². The molecule has 3 nitrogen and oxygen atoms in total. The Hall–Kier alpha value is -0.570. The Kier molecular flexibility index (Phi) is 4.83. The lowest BCUT2D eigenvalue weighted by molar-refractivity contribution is -0.149. The zero-order chi connectivity index (χ0) is 9.52. The second-order valence-corrected chi connectivity index (χ2v) is 3.34. The average Bonchev–Trinajstić information content (AvgIpc) is 2.57. The summed E-state index contributed by atoms with van der Waals surface area (Å²) in [5.74, 6) is -0.111. The minimum atomic E-state index is -0.111. The maximum Gasteiger partial charge on any atom is 0.308 e. The van der Waals surface area contributed by atoms with Gasteiger partial charge in [-0.15, -0.1) is 0 Å². The van der Waals surface area contributed by atoms with Crippen molar-refractivity contribution in [3.8, 4) is 0 Å². The molecule has 1 saturated carbocycles. The lowest BCUT2D eigenvalue weighted by Gasteiger charge is -2.10. The predicted molar refractivity (Wildman–Crippen MR) is 49.5 cm³/mol. The lowest BCUT2D eigenvalue weighted by atomic mass is 10.3. The predicted octanol–water partition coefficient (Wildman–Crippen LogP) is 1.90. The third kappa shape index (κ3) is 4.27. The van der Waals surface area contributed by atoms with Gasteiger partial charge in [-0.3, -0.25) is 4.79 Å². The van der Waals surface area contributed by atoms with Gasteiger partial charge >= 0.3 is 5.97 Å². The molecule has 13 heavy (non-hydrogen) atoms. The number of carbonyl (C=O) groups is 1. The first-order chi connectivity index (χ1) is 6.33. The monoisotopic (exact) mass is 186 g/mol. The van der Waals surface area contributed by atoms with E-state index < -0.39 is 0 Å². The van der Waals surface area contributed by atoms with Crippen molar-refractivity contribution in [2.45, 2.75) is 45.1 Å². The second-order valence-electron chi connectivity index (χ2n) is 3.34. The van der Waals surface area contributed by atoms with Crippen molar-refractivity contribution in [3.05, 3.63) is 0 Å². The van der Waals surface area contributed by atoms with Gasteiger partial charge in [-0.2, -0.15) is 0 Å². The van der Waals surface area contributed by atoms with E-state index in [1.807, 2.05) is 6.92 Å². The van der Waals surface area contributed by atoms with Crippen LogP contribution in [0, 0.1) is 0 Å². The molecular weight excluding hydrogens is 168 g/mol. The third-order valence-electron chi connectivity index (χ3n) is 2.25. The van der Waals surface area contributed by atoms with E-state index in [1.165, 1.54) is 12.8 Å². The van der Waals surface area contributed by atoms with Gasteiger partial charge < -0.3 is 9.47 Å². The number of rotatable bonds is 5. The van der Waals surface area contributed by atoms with Crippen molar-refractivity contribution in [2.24, 2.45) is 0 Å². The van der Waals surface area contributed by atoms with Gasteiger partial charge in [0.05, 0.1) is 13.0 Å². The highest BCUT2D eigenvalue weighted by molar-refractivity contribution is 5.69. The largest absolute Gasteiger partial charge is 0.462 e. The van der Waals surface area contributed by atoms with Crippen LogP contribution in [0.3, 0.4) is 0 Å². The van der Waals surface area contributed by atoms with Gasteiger partial charge in [-0.25, -0.2) is 0 Å². The van der Waals surface area contributed by atoms with Crippen LogP contribution in [0.25, 0.3) is 0 Å². The molecule has 76 valence electrons. The van der Waals surface area contributed by atoms with Crippen LogP contribution in [-0.2, 0) is 14.3 Å². The smallest absolute Gasteiger partial charge is 0.308 e. The highest BCUT2D eigenvalue weighted by atomic mass is 16.5. The molecule has 1 rings (SSSR count). The fourth-order valence-electron chi connectivity index (χ4n) is 1.55. The normalized spacial score (nSPS) is 17.6. The highest BCUT2D eigenvalue weighted by Crippen LogP contribution is 2.21. The molecule has 0 aromatic rings. The van der Waals surface area contributed by atoms with Gasteiger partial charge in [0.2, 0.25) is 0 Å². The fraction of sp³-hybridized carbons (Fsp3) is 0.900. The molecule has 1 aliphatic rings. The van der Waals surface area contributed by atoms with Crippen molar-refractivity contribution in [1.82, 2.24) is 0 Å². The molecule has 0 radical (unpaired) electrons. The summed E-state index contributed by atoms with van der Waals surface area (Å²) in [6.07, 6.45) is 5.06. The first kappa shape index (κ1) is 10.5. The Morgan fingerprint density at radius 2 is 2.08 bits per heavy atom. The van der Waals surface area contributed by atoms with Gasteiger partial charge in [-0.1, -0.05) is 0 Å². The molecular formula is C10H18O3. The molecule has 0 saturated heterocycles. The molecule has 0 spiro atoms. The van der Waals surface area contributed by atoms with Gasteiger partial charge in [0.1, 0.15) is 6.10 Å².